The second-order valence-corrected chi connectivity index (χ2v) is 5.48. The molecule has 0 fully saturated rings. The second kappa shape index (κ2) is 8.86. The van der Waals surface area contributed by atoms with Crippen LogP contribution in [-0.2, 0) is 0 Å². The monoisotopic (exact) mass is 393 g/mol. The molecule has 1 aromatic heterocycles. The number of hydrogen-bond acceptors (Lipinski definition) is 7. The molecule has 0 aliphatic carbocycles. The highest BCUT2D eigenvalue weighted by molar-refractivity contribution is 6.32. The molecule has 1 heterocycles. The van der Waals surface area contributed by atoms with Crippen LogP contribution in [0.15, 0.2) is 29.6 Å². The Morgan fingerprint density at radius 1 is 1.41 bits per heavy atom. The van der Waals surface area contributed by atoms with E-state index in [-0.39, 0.29) is 12.4 Å². The molecule has 0 atom stereocenters. The molecule has 0 bridgehead atoms. The molecule has 1 aromatic carbocycles. The highest BCUT2D eigenvalue weighted by Crippen LogP contribution is 2.37. The van der Waals surface area contributed by atoms with Gasteiger partial charge < -0.3 is 19.6 Å². The van der Waals surface area contributed by atoms with Crippen molar-refractivity contribution in [3.8, 4) is 17.4 Å². The first kappa shape index (κ1) is 20.0. The fourth-order valence-electron chi connectivity index (χ4n) is 2.12. The van der Waals surface area contributed by atoms with Crippen molar-refractivity contribution in [3.05, 3.63) is 61.7 Å². The summed E-state index contributed by atoms with van der Waals surface area (Å²) in [6.07, 6.45) is 4.47. The number of H-pyrrole nitrogens is 1. The van der Waals surface area contributed by atoms with Gasteiger partial charge in [-0.2, -0.15) is 4.98 Å². The van der Waals surface area contributed by atoms with Gasteiger partial charge in [-0.25, -0.2) is 0 Å². The van der Waals surface area contributed by atoms with E-state index in [2.05, 4.69) is 16.5 Å². The molecule has 0 saturated carbocycles. The normalized spacial score (nSPS) is 10.7. The van der Waals surface area contributed by atoms with Gasteiger partial charge in [-0.1, -0.05) is 30.3 Å². The molecule has 2 N–H and O–H groups in total. The lowest BCUT2D eigenvalue weighted by Crippen LogP contribution is -2.14. The Labute approximate surface area is 158 Å². The molecule has 142 valence electrons. The first-order chi connectivity index (χ1) is 12.9. The molecule has 0 amide bonds. The molecule has 2 aromatic rings. The summed E-state index contributed by atoms with van der Waals surface area (Å²) in [5, 5.41) is 20.5. The van der Waals surface area contributed by atoms with Crippen LogP contribution in [0.25, 0.3) is 12.2 Å². The number of nitrogens with one attached hydrogen (secondary N) is 1. The van der Waals surface area contributed by atoms with Crippen molar-refractivity contribution in [2.45, 2.75) is 6.92 Å². The lowest BCUT2D eigenvalue weighted by molar-refractivity contribution is -0.387. The van der Waals surface area contributed by atoms with Crippen molar-refractivity contribution in [1.82, 2.24) is 9.97 Å². The summed E-state index contributed by atoms with van der Waals surface area (Å²) in [4.78, 5) is 27.1. The van der Waals surface area contributed by atoms with Crippen molar-refractivity contribution < 1.29 is 19.5 Å². The Morgan fingerprint density at radius 3 is 2.74 bits per heavy atom. The number of nitro groups is 1. The minimum atomic E-state index is -1.06. The zero-order chi connectivity index (χ0) is 20.0. The van der Waals surface area contributed by atoms with Crippen LogP contribution in [0.2, 0.25) is 5.02 Å². The van der Waals surface area contributed by atoms with Crippen molar-refractivity contribution in [3.63, 3.8) is 0 Å². The van der Waals surface area contributed by atoms with Crippen LogP contribution in [0.4, 0.5) is 5.69 Å². The molecule has 0 radical (unpaired) electrons. The van der Waals surface area contributed by atoms with Gasteiger partial charge in [0.05, 0.1) is 16.6 Å². The van der Waals surface area contributed by atoms with E-state index in [1.165, 1.54) is 12.2 Å². The summed E-state index contributed by atoms with van der Waals surface area (Å²) in [5.41, 5.74) is -1.49. The first-order valence-electron chi connectivity index (χ1n) is 7.73. The SMILES string of the molecule is C=CCOc1c(Cl)cc(/C=C/c2nc(O)c([N+](=O)[O-])c(=O)[nH]2)cc1OCC. The Balaban J connectivity index is 2.38. The fraction of sp³-hybridized carbons (Fsp3) is 0.176. The third-order valence-electron chi connectivity index (χ3n) is 3.19. The average Bonchev–Trinajstić information content (AvgIpc) is 2.58. The first-order valence-corrected chi connectivity index (χ1v) is 8.11. The van der Waals surface area contributed by atoms with Crippen LogP contribution in [0.3, 0.4) is 0 Å². The van der Waals surface area contributed by atoms with E-state index in [0.29, 0.717) is 28.7 Å². The highest BCUT2D eigenvalue weighted by Gasteiger charge is 2.21. The van der Waals surface area contributed by atoms with Gasteiger partial charge >= 0.3 is 11.2 Å². The summed E-state index contributed by atoms with van der Waals surface area (Å²) < 4.78 is 11.0. The standard InChI is InChI=1S/C17H16ClN3O6/c1-3-7-27-15-11(18)8-10(9-12(15)26-4-2)5-6-13-19-16(22)14(21(24)25)17(23)20-13/h3,5-6,8-9H,1,4,7H2,2H3,(H2,19,20,22,23)/b6-5+. The molecule has 10 heteroatoms. The summed E-state index contributed by atoms with van der Waals surface area (Å²) in [6, 6.07) is 3.26. The quantitative estimate of drug-likeness (QED) is 0.400. The topological polar surface area (TPSA) is 128 Å². The summed E-state index contributed by atoms with van der Waals surface area (Å²) >= 11 is 6.23. The molecule has 0 saturated heterocycles. The molecule has 0 aliphatic heterocycles. The summed E-state index contributed by atoms with van der Waals surface area (Å²) in [6.45, 7) is 6.02. The van der Waals surface area contributed by atoms with Crippen molar-refractivity contribution in [1.29, 1.82) is 0 Å². The Hall–Kier alpha value is -3.33. The minimum Gasteiger partial charge on any atom is -0.490 e. The van der Waals surface area contributed by atoms with E-state index >= 15 is 0 Å². The number of aromatic amines is 1. The number of rotatable bonds is 8. The molecule has 2 rings (SSSR count). The van der Waals surface area contributed by atoms with E-state index in [1.807, 2.05) is 6.92 Å². The fourth-order valence-corrected chi connectivity index (χ4v) is 2.39. The van der Waals surface area contributed by atoms with Crippen LogP contribution < -0.4 is 15.0 Å². The number of nitrogens with zero attached hydrogens (tertiary/aromatic N) is 2. The maximum atomic E-state index is 11.7. The average molecular weight is 394 g/mol. The third kappa shape index (κ3) is 4.85. The van der Waals surface area contributed by atoms with Gasteiger partial charge in [-0.3, -0.25) is 14.9 Å². The van der Waals surface area contributed by atoms with Gasteiger partial charge in [-0.05, 0) is 30.7 Å². The molecule has 0 aliphatic rings. The van der Waals surface area contributed by atoms with Crippen LogP contribution in [0.5, 0.6) is 17.4 Å². The number of aromatic hydroxyl groups is 1. The lowest BCUT2D eigenvalue weighted by atomic mass is 10.2. The van der Waals surface area contributed by atoms with Crippen LogP contribution >= 0.6 is 11.6 Å². The van der Waals surface area contributed by atoms with Crippen molar-refractivity contribution in [2.24, 2.45) is 0 Å². The maximum Gasteiger partial charge on any atom is 0.395 e. The second-order valence-electron chi connectivity index (χ2n) is 5.08. The Morgan fingerprint density at radius 2 is 2.15 bits per heavy atom. The number of aromatic nitrogens is 2. The molecule has 9 nitrogen and oxygen atoms in total. The Bertz CT molecular complexity index is 954. The smallest absolute Gasteiger partial charge is 0.395 e. The number of benzene rings is 1. The third-order valence-corrected chi connectivity index (χ3v) is 3.47. The van der Waals surface area contributed by atoms with Gasteiger partial charge in [0.2, 0.25) is 0 Å². The van der Waals surface area contributed by atoms with Gasteiger partial charge in [0, 0.05) is 0 Å². The van der Waals surface area contributed by atoms with E-state index < -0.39 is 22.0 Å². The molecule has 0 spiro atoms. The van der Waals surface area contributed by atoms with E-state index in [1.54, 1.807) is 18.2 Å². The van der Waals surface area contributed by atoms with E-state index in [4.69, 9.17) is 21.1 Å². The van der Waals surface area contributed by atoms with Crippen molar-refractivity contribution in [2.75, 3.05) is 13.2 Å². The lowest BCUT2D eigenvalue weighted by Gasteiger charge is -2.13. The molecular weight excluding hydrogens is 378 g/mol. The van der Waals surface area contributed by atoms with Crippen LogP contribution in [0, 0.1) is 10.1 Å². The molecule has 0 unspecified atom stereocenters. The summed E-state index contributed by atoms with van der Waals surface area (Å²) in [5.74, 6) is -0.247. The minimum absolute atomic E-state index is 0.0656. The highest BCUT2D eigenvalue weighted by atomic mass is 35.5. The maximum absolute atomic E-state index is 11.7. The van der Waals surface area contributed by atoms with Gasteiger partial charge in [0.25, 0.3) is 5.88 Å². The zero-order valence-corrected chi connectivity index (χ0v) is 15.0. The molecular formula is C17H16ClN3O6. The van der Waals surface area contributed by atoms with E-state index in [0.717, 1.165) is 0 Å². The van der Waals surface area contributed by atoms with Crippen molar-refractivity contribution >= 4 is 29.4 Å². The van der Waals surface area contributed by atoms with E-state index in [9.17, 15) is 20.0 Å². The largest absolute Gasteiger partial charge is 0.490 e. The van der Waals surface area contributed by atoms with Gasteiger partial charge in [0.1, 0.15) is 12.4 Å². The number of ether oxygens (including phenoxy) is 2. The molecule has 27 heavy (non-hydrogen) atoms. The predicted octanol–water partition coefficient (Wildman–Crippen LogP) is 3.17. The van der Waals surface area contributed by atoms with Crippen LogP contribution in [0.1, 0.15) is 18.3 Å². The number of halogens is 1. The van der Waals surface area contributed by atoms with Crippen LogP contribution in [-0.4, -0.2) is 33.2 Å². The zero-order valence-electron chi connectivity index (χ0n) is 14.3. The summed E-state index contributed by atoms with van der Waals surface area (Å²) in [7, 11) is 0. The Kier molecular flexibility index (Phi) is 6.56. The van der Waals surface area contributed by atoms with Gasteiger partial charge in [-0.15, -0.1) is 0 Å². The number of hydrogen-bond donors (Lipinski definition) is 2. The predicted molar refractivity (Wildman–Crippen MR) is 100 cm³/mol. The van der Waals surface area contributed by atoms with Gasteiger partial charge in [0.15, 0.2) is 11.5 Å².